The average molecular weight is 781 g/mol. The SMILES string of the molecule is COc1ccc(CN2CCN(C[C@H](O)[C@H](Cc3ccccc3)NC(=O)[C@H](C(C)C)N(Cc3cnc(C(C)C)s3)C(=O)O)[C@H](C(=O)NC(C)(C)C)C2)cc1OC. The molecule has 1 aromatic heterocycles. The number of ether oxygens (including phenoxy) is 2. The molecule has 1 aliphatic heterocycles. The second-order valence-corrected chi connectivity index (χ2v) is 17.1. The zero-order chi connectivity index (χ0) is 40.4. The van der Waals surface area contributed by atoms with Crippen LogP contribution >= 0.6 is 11.3 Å². The summed E-state index contributed by atoms with van der Waals surface area (Å²) in [7, 11) is 3.20. The zero-order valence-corrected chi connectivity index (χ0v) is 34.6. The lowest BCUT2D eigenvalue weighted by Gasteiger charge is -2.43. The van der Waals surface area contributed by atoms with Crippen LogP contribution < -0.4 is 20.1 Å². The molecule has 55 heavy (non-hydrogen) atoms. The van der Waals surface area contributed by atoms with Crippen LogP contribution in [0.4, 0.5) is 4.79 Å². The number of aliphatic hydroxyl groups excluding tert-OH is 1. The van der Waals surface area contributed by atoms with E-state index in [1.54, 1.807) is 20.4 Å². The van der Waals surface area contributed by atoms with Crippen molar-refractivity contribution in [1.29, 1.82) is 0 Å². The number of nitrogens with one attached hydrogen (secondary N) is 2. The third-order valence-corrected chi connectivity index (χ3v) is 10.9. The van der Waals surface area contributed by atoms with Gasteiger partial charge in [-0.3, -0.25) is 24.3 Å². The molecule has 0 unspecified atom stereocenters. The van der Waals surface area contributed by atoms with Crippen molar-refractivity contribution in [3.63, 3.8) is 0 Å². The van der Waals surface area contributed by atoms with Gasteiger partial charge in [0.25, 0.3) is 0 Å². The molecule has 0 saturated carbocycles. The first-order valence-corrected chi connectivity index (χ1v) is 19.8. The normalized spacial score (nSPS) is 17.1. The summed E-state index contributed by atoms with van der Waals surface area (Å²) in [6.45, 7) is 15.7. The predicted molar refractivity (Wildman–Crippen MR) is 215 cm³/mol. The molecule has 4 atom stereocenters. The van der Waals surface area contributed by atoms with Crippen LogP contribution in [0.2, 0.25) is 0 Å². The lowest BCUT2D eigenvalue weighted by molar-refractivity contribution is -0.133. The van der Waals surface area contributed by atoms with Gasteiger partial charge in [-0.15, -0.1) is 11.3 Å². The Balaban J connectivity index is 1.57. The fourth-order valence-electron chi connectivity index (χ4n) is 6.88. The molecule has 2 heterocycles. The van der Waals surface area contributed by atoms with Crippen LogP contribution in [0.5, 0.6) is 11.5 Å². The Hall–Kier alpha value is -4.24. The molecule has 4 rings (SSSR count). The van der Waals surface area contributed by atoms with Crippen LogP contribution in [-0.4, -0.2) is 118 Å². The second-order valence-electron chi connectivity index (χ2n) is 16.0. The maximum atomic E-state index is 14.2. The molecule has 1 fully saturated rings. The first kappa shape index (κ1) is 43.5. The molecule has 13 nitrogen and oxygen atoms in total. The molecule has 0 aliphatic carbocycles. The van der Waals surface area contributed by atoms with E-state index < -0.39 is 41.8 Å². The Kier molecular flexibility index (Phi) is 15.5. The number of carbonyl (C=O) groups is 3. The molecule has 0 bridgehead atoms. The van der Waals surface area contributed by atoms with Crippen LogP contribution in [0.25, 0.3) is 0 Å². The standard InChI is InChI=1S/C41H60N6O7S/c1-26(2)36(47(40(51)52)23-30-21-42-39(55-30)27(3)4)38(50)43-31(19-28-13-11-10-12-14-28)33(48)25-46-18-17-45(24-32(46)37(49)44-41(5,6)7)22-29-15-16-34(53-8)35(20-29)54-9/h10-16,20-21,26-27,31-33,36,48H,17-19,22-25H2,1-9H3,(H,43,50)(H,44,49)(H,51,52)/t31-,32-,33-,36-/m0/s1. The highest BCUT2D eigenvalue weighted by Crippen LogP contribution is 2.29. The number of nitrogens with zero attached hydrogens (tertiary/aromatic N) is 4. The third-order valence-electron chi connectivity index (χ3n) is 9.62. The average Bonchev–Trinajstić information content (AvgIpc) is 3.60. The van der Waals surface area contributed by atoms with Crippen molar-refractivity contribution >= 4 is 29.2 Å². The highest BCUT2D eigenvalue weighted by molar-refractivity contribution is 7.11. The van der Waals surface area contributed by atoms with Gasteiger partial charge >= 0.3 is 6.09 Å². The second kappa shape index (κ2) is 19.6. The van der Waals surface area contributed by atoms with Gasteiger partial charge < -0.3 is 30.3 Å². The maximum Gasteiger partial charge on any atom is 0.408 e. The number of hydrogen-bond donors (Lipinski definition) is 4. The first-order chi connectivity index (χ1) is 26.0. The maximum absolute atomic E-state index is 14.2. The molecular formula is C41H60N6O7S. The summed E-state index contributed by atoms with van der Waals surface area (Å²) in [6, 6.07) is 12.9. The summed E-state index contributed by atoms with van der Waals surface area (Å²) in [5.41, 5.74) is 1.43. The number of carboxylic acid groups (broad SMARTS) is 1. The molecule has 1 saturated heterocycles. The van der Waals surface area contributed by atoms with E-state index in [1.807, 2.05) is 102 Å². The van der Waals surface area contributed by atoms with Crippen LogP contribution in [-0.2, 0) is 29.1 Å². The van der Waals surface area contributed by atoms with E-state index in [0.717, 1.165) is 25.9 Å². The molecule has 4 N–H and O–H groups in total. The zero-order valence-electron chi connectivity index (χ0n) is 33.7. The minimum Gasteiger partial charge on any atom is -0.493 e. The van der Waals surface area contributed by atoms with Crippen LogP contribution in [0.3, 0.4) is 0 Å². The van der Waals surface area contributed by atoms with Crippen LogP contribution in [0.15, 0.2) is 54.7 Å². The molecule has 3 amide bonds. The van der Waals surface area contributed by atoms with Gasteiger partial charge in [0.2, 0.25) is 11.8 Å². The largest absolute Gasteiger partial charge is 0.493 e. The van der Waals surface area contributed by atoms with E-state index in [9.17, 15) is 24.6 Å². The lowest BCUT2D eigenvalue weighted by Crippen LogP contribution is -2.63. The highest BCUT2D eigenvalue weighted by Gasteiger charge is 2.39. The Labute approximate surface area is 330 Å². The van der Waals surface area contributed by atoms with Gasteiger partial charge in [-0.05, 0) is 56.4 Å². The van der Waals surface area contributed by atoms with Crippen LogP contribution in [0, 0.1) is 5.92 Å². The van der Waals surface area contributed by atoms with Gasteiger partial charge in [-0.1, -0.05) is 64.1 Å². The van der Waals surface area contributed by atoms with Crippen LogP contribution in [0.1, 0.15) is 75.4 Å². The Morgan fingerprint density at radius 3 is 2.27 bits per heavy atom. The first-order valence-electron chi connectivity index (χ1n) is 18.9. The fourth-order valence-corrected chi connectivity index (χ4v) is 7.80. The Morgan fingerprint density at radius 2 is 1.69 bits per heavy atom. The van der Waals surface area contributed by atoms with Gasteiger partial charge in [-0.25, -0.2) is 9.78 Å². The summed E-state index contributed by atoms with van der Waals surface area (Å²) in [4.78, 5) is 51.3. The van der Waals surface area contributed by atoms with E-state index >= 15 is 0 Å². The predicted octanol–water partition coefficient (Wildman–Crippen LogP) is 4.98. The van der Waals surface area contributed by atoms with E-state index in [2.05, 4.69) is 20.5 Å². The number of amides is 3. The molecule has 14 heteroatoms. The fraction of sp³-hybridized carbons (Fsp3) is 0.561. The number of piperazine rings is 1. The van der Waals surface area contributed by atoms with Gasteiger partial charge in [0.05, 0.1) is 37.9 Å². The summed E-state index contributed by atoms with van der Waals surface area (Å²) >= 11 is 1.44. The van der Waals surface area contributed by atoms with E-state index in [0.29, 0.717) is 44.1 Å². The number of methoxy groups -OCH3 is 2. The molecule has 302 valence electrons. The Bertz CT molecular complexity index is 1710. The molecular weight excluding hydrogens is 721 g/mol. The number of aliphatic hydroxyl groups is 1. The third kappa shape index (κ3) is 12.4. The molecule has 3 aromatic rings. The number of thiazole rings is 1. The topological polar surface area (TPSA) is 157 Å². The van der Waals surface area contributed by atoms with Gasteiger partial charge in [0.15, 0.2) is 11.5 Å². The highest BCUT2D eigenvalue weighted by atomic mass is 32.1. The van der Waals surface area contributed by atoms with Crippen molar-refractivity contribution in [1.82, 2.24) is 30.3 Å². The number of aromatic nitrogens is 1. The number of benzene rings is 2. The molecule has 2 aromatic carbocycles. The minimum atomic E-state index is -1.22. The molecule has 1 aliphatic rings. The summed E-state index contributed by atoms with van der Waals surface area (Å²) < 4.78 is 10.9. The lowest BCUT2D eigenvalue weighted by atomic mass is 9.97. The number of carbonyl (C=O) groups excluding carboxylic acids is 2. The van der Waals surface area contributed by atoms with E-state index in [-0.39, 0.29) is 30.8 Å². The quantitative estimate of drug-likeness (QED) is 0.147. The number of hydrogen-bond acceptors (Lipinski definition) is 10. The van der Waals surface area contributed by atoms with Crippen molar-refractivity contribution in [2.45, 2.75) is 104 Å². The van der Waals surface area contributed by atoms with Gasteiger partial charge in [-0.2, -0.15) is 0 Å². The van der Waals surface area contributed by atoms with Crippen molar-refractivity contribution in [3.05, 3.63) is 75.7 Å². The van der Waals surface area contributed by atoms with E-state index in [4.69, 9.17) is 9.47 Å². The minimum absolute atomic E-state index is 0.0139. The summed E-state index contributed by atoms with van der Waals surface area (Å²) in [5.74, 6) is 0.451. The summed E-state index contributed by atoms with van der Waals surface area (Å²) in [5, 5.41) is 29.5. The Morgan fingerprint density at radius 1 is 1.00 bits per heavy atom. The molecule has 0 radical (unpaired) electrons. The van der Waals surface area contributed by atoms with Gasteiger partial charge in [0, 0.05) is 55.3 Å². The molecule has 0 spiro atoms. The number of rotatable bonds is 17. The summed E-state index contributed by atoms with van der Waals surface area (Å²) in [6.07, 6.45) is -0.330. The number of β-amino-alcohol motifs (C(OH)–C–C–N with tert-alkyl or cyclic N) is 1. The smallest absolute Gasteiger partial charge is 0.408 e. The van der Waals surface area contributed by atoms with Crippen molar-refractivity contribution in [3.8, 4) is 11.5 Å². The van der Waals surface area contributed by atoms with Crippen molar-refractivity contribution in [2.75, 3.05) is 40.4 Å². The monoisotopic (exact) mass is 780 g/mol. The van der Waals surface area contributed by atoms with Crippen molar-refractivity contribution in [2.24, 2.45) is 5.92 Å². The van der Waals surface area contributed by atoms with Gasteiger partial charge in [0.1, 0.15) is 12.1 Å². The van der Waals surface area contributed by atoms with Crippen molar-refractivity contribution < 1.29 is 34.1 Å². The van der Waals surface area contributed by atoms with E-state index in [1.165, 1.54) is 11.3 Å².